The lowest BCUT2D eigenvalue weighted by Crippen LogP contribution is -2.46. The summed E-state index contributed by atoms with van der Waals surface area (Å²) in [6.07, 6.45) is 0.369. The van der Waals surface area contributed by atoms with Gasteiger partial charge in [0.05, 0.1) is 0 Å². The highest BCUT2D eigenvalue weighted by atomic mass is 32.2. The molecule has 110 valence electrons. The molecule has 1 unspecified atom stereocenters. The topological polar surface area (TPSA) is 55.7 Å². The lowest BCUT2D eigenvalue weighted by Gasteiger charge is -2.18. The van der Waals surface area contributed by atoms with Crippen molar-refractivity contribution in [2.24, 2.45) is 5.16 Å². The van der Waals surface area contributed by atoms with Crippen LogP contribution in [0.5, 0.6) is 0 Å². The third kappa shape index (κ3) is 1.60. The van der Waals surface area contributed by atoms with Crippen molar-refractivity contribution in [2.45, 2.75) is 18.1 Å². The molecule has 5 heteroatoms. The number of hydrogen-bond acceptors (Lipinski definition) is 4. The Bertz CT molecular complexity index is 844. The maximum absolute atomic E-state index is 13.0. The van der Waals surface area contributed by atoms with Crippen molar-refractivity contribution in [3.63, 3.8) is 0 Å². The third-order valence-electron chi connectivity index (χ3n) is 4.36. The Morgan fingerprint density at radius 1 is 1.14 bits per heavy atom. The van der Waals surface area contributed by atoms with Gasteiger partial charge in [0.15, 0.2) is 10.5 Å². The Morgan fingerprint density at radius 3 is 2.64 bits per heavy atom. The summed E-state index contributed by atoms with van der Waals surface area (Å²) in [7, 11) is 0. The molecule has 2 aromatic rings. The van der Waals surface area contributed by atoms with Crippen molar-refractivity contribution in [1.82, 2.24) is 0 Å². The molecule has 2 aromatic carbocycles. The number of aryl methyl sites for hydroxylation is 1. The van der Waals surface area contributed by atoms with E-state index in [1.54, 1.807) is 6.07 Å². The van der Waals surface area contributed by atoms with Crippen LogP contribution >= 0.6 is 0 Å². The Balaban J connectivity index is 1.91. The zero-order valence-electron chi connectivity index (χ0n) is 11.9. The molecule has 22 heavy (non-hydrogen) atoms. The molecule has 1 aliphatic carbocycles. The van der Waals surface area contributed by atoms with E-state index in [9.17, 15) is 9.00 Å². The predicted molar refractivity (Wildman–Crippen MR) is 84.2 cm³/mol. The largest absolute Gasteiger partial charge is 0.292 e. The van der Waals surface area contributed by atoms with Gasteiger partial charge in [0.1, 0.15) is 5.71 Å². The van der Waals surface area contributed by atoms with Crippen LogP contribution in [-0.2, 0) is 21.8 Å². The average Bonchev–Trinajstić information content (AvgIpc) is 3.02. The van der Waals surface area contributed by atoms with E-state index < -0.39 is 15.8 Å². The van der Waals surface area contributed by atoms with Crippen LogP contribution in [0.1, 0.15) is 27.0 Å². The molecule has 0 saturated carbocycles. The highest BCUT2D eigenvalue weighted by molar-refractivity contribution is 7.84. The molecule has 0 aromatic heterocycles. The van der Waals surface area contributed by atoms with Crippen molar-refractivity contribution in [2.75, 3.05) is 0 Å². The molecule has 0 bridgehead atoms. The Kier molecular flexibility index (Phi) is 2.81. The number of nitrogens with zero attached hydrogens (tertiary/aromatic N) is 1. The predicted octanol–water partition coefficient (Wildman–Crippen LogP) is 2.57. The molecule has 1 spiro atoms. The summed E-state index contributed by atoms with van der Waals surface area (Å²) in [6.45, 7) is 1.96. The summed E-state index contributed by atoms with van der Waals surface area (Å²) in [6, 6.07) is 14.9. The van der Waals surface area contributed by atoms with Crippen LogP contribution in [0.3, 0.4) is 0 Å². The number of Topliss-reactive ketones (excluding diaryl/α,β-unsaturated/α-hetero) is 1. The first-order valence-electron chi connectivity index (χ1n) is 7.01. The molecule has 4 nitrogen and oxygen atoms in total. The highest BCUT2D eigenvalue weighted by Crippen LogP contribution is 2.42. The standard InChI is InChI=1S/C17H13NO3S/c1-11-6-5-9-13-14(11)10-17(16(13)19)15(18-21-22(17)20)12-7-3-2-4-8-12/h2-9H,10H2,1H3/t17-,22?/m0/s1. The lowest BCUT2D eigenvalue weighted by atomic mass is 9.92. The summed E-state index contributed by atoms with van der Waals surface area (Å²) < 4.78 is 16.4. The first-order valence-corrected chi connectivity index (χ1v) is 8.08. The molecule has 0 N–H and O–H groups in total. The zero-order chi connectivity index (χ0) is 15.3. The summed E-state index contributed by atoms with van der Waals surface area (Å²) in [5.41, 5.74) is 3.83. The molecule has 0 amide bonds. The first-order chi connectivity index (χ1) is 10.6. The van der Waals surface area contributed by atoms with Crippen molar-refractivity contribution in [3.8, 4) is 0 Å². The van der Waals surface area contributed by atoms with Crippen molar-refractivity contribution in [1.29, 1.82) is 0 Å². The molecular formula is C17H13NO3S. The molecule has 0 fully saturated rings. The quantitative estimate of drug-likeness (QED) is 0.813. The first kappa shape index (κ1) is 13.4. The highest BCUT2D eigenvalue weighted by Gasteiger charge is 2.60. The molecule has 0 saturated heterocycles. The number of benzene rings is 2. The molecule has 4 rings (SSSR count). The minimum atomic E-state index is -1.81. The minimum Gasteiger partial charge on any atom is -0.292 e. The second kappa shape index (κ2) is 4.61. The SMILES string of the molecule is Cc1cccc2c1C[C@@]1(C2=O)C(c2ccccc2)=NOS1=O. The summed E-state index contributed by atoms with van der Waals surface area (Å²) >= 11 is -1.81. The van der Waals surface area contributed by atoms with E-state index in [4.69, 9.17) is 4.28 Å². The van der Waals surface area contributed by atoms with E-state index in [-0.39, 0.29) is 5.78 Å². The van der Waals surface area contributed by atoms with E-state index in [0.29, 0.717) is 17.7 Å². The Morgan fingerprint density at radius 2 is 1.91 bits per heavy atom. The van der Waals surface area contributed by atoms with Crippen LogP contribution in [0.2, 0.25) is 0 Å². The van der Waals surface area contributed by atoms with E-state index in [0.717, 1.165) is 16.7 Å². The molecule has 0 radical (unpaired) electrons. The second-order valence-corrected chi connectivity index (χ2v) is 6.86. The van der Waals surface area contributed by atoms with Gasteiger partial charge in [-0.25, -0.2) is 4.21 Å². The van der Waals surface area contributed by atoms with Crippen LogP contribution in [0, 0.1) is 6.92 Å². The number of carbonyl (C=O) groups is 1. The van der Waals surface area contributed by atoms with Crippen LogP contribution < -0.4 is 0 Å². The van der Waals surface area contributed by atoms with Gasteiger partial charge in [0.2, 0.25) is 0 Å². The van der Waals surface area contributed by atoms with Gasteiger partial charge in [-0.05, 0) is 18.1 Å². The summed E-state index contributed by atoms with van der Waals surface area (Å²) in [5, 5.41) is 3.98. The van der Waals surface area contributed by atoms with Gasteiger partial charge < -0.3 is 0 Å². The maximum Gasteiger partial charge on any atom is 0.253 e. The van der Waals surface area contributed by atoms with Gasteiger partial charge in [0, 0.05) is 17.5 Å². The van der Waals surface area contributed by atoms with Gasteiger partial charge in [-0.1, -0.05) is 53.7 Å². The molecule has 2 aliphatic rings. The van der Waals surface area contributed by atoms with Gasteiger partial charge in [0.25, 0.3) is 11.1 Å². The monoisotopic (exact) mass is 311 g/mol. The van der Waals surface area contributed by atoms with E-state index in [1.165, 1.54) is 0 Å². The van der Waals surface area contributed by atoms with E-state index in [1.807, 2.05) is 49.4 Å². The summed E-state index contributed by atoms with van der Waals surface area (Å²) in [5.74, 6) is -0.162. The van der Waals surface area contributed by atoms with Gasteiger partial charge in [-0.15, -0.1) is 0 Å². The van der Waals surface area contributed by atoms with E-state index in [2.05, 4.69) is 5.16 Å². The van der Waals surface area contributed by atoms with Gasteiger partial charge in [-0.2, -0.15) is 0 Å². The fraction of sp³-hybridized carbons (Fsp3) is 0.176. The normalized spacial score (nSPS) is 26.0. The average molecular weight is 311 g/mol. The number of hydrogen-bond donors (Lipinski definition) is 0. The second-order valence-electron chi connectivity index (χ2n) is 5.55. The van der Waals surface area contributed by atoms with Gasteiger partial charge in [-0.3, -0.25) is 9.08 Å². The molecule has 1 heterocycles. The van der Waals surface area contributed by atoms with Crippen molar-refractivity contribution in [3.05, 3.63) is 70.8 Å². The van der Waals surface area contributed by atoms with Crippen LogP contribution in [0.15, 0.2) is 53.7 Å². The Hall–Kier alpha value is -2.27. The number of fused-ring (bicyclic) bond motifs is 1. The number of rotatable bonds is 1. The summed E-state index contributed by atoms with van der Waals surface area (Å²) in [4.78, 5) is 13.0. The zero-order valence-corrected chi connectivity index (χ0v) is 12.7. The van der Waals surface area contributed by atoms with Crippen molar-refractivity contribution < 1.29 is 13.3 Å². The number of carbonyl (C=O) groups excluding carboxylic acids is 1. The fourth-order valence-corrected chi connectivity index (χ4v) is 4.30. The van der Waals surface area contributed by atoms with Crippen molar-refractivity contribution >= 4 is 22.6 Å². The lowest BCUT2D eigenvalue weighted by molar-refractivity contribution is 0.0981. The number of oxime groups is 1. The van der Waals surface area contributed by atoms with Crippen LogP contribution in [0.4, 0.5) is 0 Å². The van der Waals surface area contributed by atoms with Crippen LogP contribution in [-0.4, -0.2) is 20.5 Å². The van der Waals surface area contributed by atoms with Gasteiger partial charge >= 0.3 is 0 Å². The van der Waals surface area contributed by atoms with E-state index >= 15 is 0 Å². The molecule has 2 atom stereocenters. The molecular weight excluding hydrogens is 298 g/mol. The Labute approximate surface area is 130 Å². The number of ketones is 1. The third-order valence-corrected chi connectivity index (χ3v) is 5.66. The maximum atomic E-state index is 13.0. The van der Waals surface area contributed by atoms with Crippen LogP contribution in [0.25, 0.3) is 0 Å². The fourth-order valence-electron chi connectivity index (χ4n) is 3.19. The molecule has 1 aliphatic heterocycles. The smallest absolute Gasteiger partial charge is 0.253 e. The minimum absolute atomic E-state index is 0.162.